The van der Waals surface area contributed by atoms with Crippen molar-refractivity contribution in [3.8, 4) is 5.75 Å². The van der Waals surface area contributed by atoms with Gasteiger partial charge in [-0.2, -0.15) is 0 Å². The largest absolute Gasteiger partial charge is 0.508 e. The van der Waals surface area contributed by atoms with Crippen molar-refractivity contribution < 1.29 is 9.50 Å². The molecule has 2 aromatic carbocycles. The van der Waals surface area contributed by atoms with E-state index in [0.717, 1.165) is 34.3 Å². The van der Waals surface area contributed by atoms with Crippen LogP contribution in [0.4, 0.5) is 21.7 Å². The van der Waals surface area contributed by atoms with Gasteiger partial charge in [0.05, 0.1) is 5.52 Å². The number of phenolic OH excluding ortho intramolecular Hbond substituents is 1. The number of hydrogen-bond donors (Lipinski definition) is 4. The van der Waals surface area contributed by atoms with Crippen LogP contribution in [-0.2, 0) is 6.42 Å². The molecule has 2 aromatic heterocycles. The highest BCUT2D eigenvalue weighted by atomic mass is 19.1. The standard InChI is InChI=1S/C22H22FN5O/c1-13-6-7-18(23)22-21(13)17(14(2)27-22)8-9-24-19-11-20(26-12-25-19)28-15-4-3-5-16(29)10-15/h3-7,10-12,27,29H,8-9H2,1-2H3,(H2,24,25,26,28). The normalized spacial score (nSPS) is 11.0. The Kier molecular flexibility index (Phi) is 5.03. The van der Waals surface area contributed by atoms with E-state index in [1.54, 1.807) is 24.3 Å². The summed E-state index contributed by atoms with van der Waals surface area (Å²) in [5.74, 6) is 1.26. The molecule has 0 spiro atoms. The van der Waals surface area contributed by atoms with Gasteiger partial charge in [0.25, 0.3) is 0 Å². The lowest BCUT2D eigenvalue weighted by Crippen LogP contribution is -2.07. The highest BCUT2D eigenvalue weighted by molar-refractivity contribution is 5.88. The predicted molar refractivity (Wildman–Crippen MR) is 113 cm³/mol. The van der Waals surface area contributed by atoms with Gasteiger partial charge in [0.1, 0.15) is 29.5 Å². The first-order chi connectivity index (χ1) is 14.0. The lowest BCUT2D eigenvalue weighted by atomic mass is 10.0. The van der Waals surface area contributed by atoms with E-state index >= 15 is 0 Å². The number of aryl methyl sites for hydroxylation is 2. The molecule has 0 bridgehead atoms. The number of halogens is 1. The van der Waals surface area contributed by atoms with Gasteiger partial charge in [-0.25, -0.2) is 14.4 Å². The van der Waals surface area contributed by atoms with Gasteiger partial charge in [-0.1, -0.05) is 12.1 Å². The van der Waals surface area contributed by atoms with E-state index in [1.165, 1.54) is 12.4 Å². The van der Waals surface area contributed by atoms with Crippen molar-refractivity contribution in [2.75, 3.05) is 17.2 Å². The van der Waals surface area contributed by atoms with Gasteiger partial charge in [-0.3, -0.25) is 0 Å². The molecule has 4 rings (SSSR count). The molecule has 6 nitrogen and oxygen atoms in total. The molecule has 0 radical (unpaired) electrons. The van der Waals surface area contributed by atoms with Crippen LogP contribution in [0.15, 0.2) is 48.8 Å². The van der Waals surface area contributed by atoms with Crippen molar-refractivity contribution in [2.24, 2.45) is 0 Å². The molecule has 148 valence electrons. The van der Waals surface area contributed by atoms with E-state index in [0.29, 0.717) is 23.7 Å². The molecule has 0 fully saturated rings. The highest BCUT2D eigenvalue weighted by Crippen LogP contribution is 2.28. The number of aromatic amines is 1. The average Bonchev–Trinajstić information content (AvgIpc) is 3.03. The first kappa shape index (κ1) is 18.7. The zero-order chi connectivity index (χ0) is 20.4. The zero-order valence-corrected chi connectivity index (χ0v) is 16.3. The molecule has 29 heavy (non-hydrogen) atoms. The molecular weight excluding hydrogens is 369 g/mol. The Hall–Kier alpha value is -3.61. The molecule has 0 atom stereocenters. The van der Waals surface area contributed by atoms with Crippen LogP contribution in [0.3, 0.4) is 0 Å². The first-order valence-electron chi connectivity index (χ1n) is 9.39. The molecule has 7 heteroatoms. The van der Waals surface area contributed by atoms with E-state index in [-0.39, 0.29) is 11.6 Å². The average molecular weight is 391 g/mol. The Morgan fingerprint density at radius 1 is 1.07 bits per heavy atom. The lowest BCUT2D eigenvalue weighted by Gasteiger charge is -2.09. The van der Waals surface area contributed by atoms with Gasteiger partial charge in [0, 0.05) is 35.4 Å². The topological polar surface area (TPSA) is 85.9 Å². The van der Waals surface area contributed by atoms with Gasteiger partial charge in [-0.15, -0.1) is 0 Å². The number of aromatic hydroxyl groups is 1. The molecule has 0 saturated heterocycles. The number of H-pyrrole nitrogens is 1. The minimum absolute atomic E-state index is 0.184. The van der Waals surface area contributed by atoms with Crippen molar-refractivity contribution in [1.82, 2.24) is 15.0 Å². The number of nitrogens with one attached hydrogen (secondary N) is 3. The van der Waals surface area contributed by atoms with Crippen LogP contribution in [0.5, 0.6) is 5.75 Å². The summed E-state index contributed by atoms with van der Waals surface area (Å²) in [6, 6.07) is 11.9. The van der Waals surface area contributed by atoms with Crippen molar-refractivity contribution >= 4 is 28.2 Å². The third-order valence-corrected chi connectivity index (χ3v) is 4.90. The number of benzene rings is 2. The van der Waals surface area contributed by atoms with Crippen molar-refractivity contribution in [2.45, 2.75) is 20.3 Å². The highest BCUT2D eigenvalue weighted by Gasteiger charge is 2.13. The fourth-order valence-corrected chi connectivity index (χ4v) is 3.52. The van der Waals surface area contributed by atoms with E-state index in [1.807, 2.05) is 26.0 Å². The number of phenols is 1. The molecule has 4 N–H and O–H groups in total. The summed E-state index contributed by atoms with van der Waals surface area (Å²) in [5, 5.41) is 17.0. The Labute approximate surface area is 167 Å². The number of aromatic nitrogens is 3. The number of hydrogen-bond acceptors (Lipinski definition) is 5. The molecular formula is C22H22FN5O. The first-order valence-corrected chi connectivity index (χ1v) is 9.39. The summed E-state index contributed by atoms with van der Waals surface area (Å²) in [6.07, 6.45) is 2.21. The van der Waals surface area contributed by atoms with Crippen LogP contribution in [0, 0.1) is 19.7 Å². The summed E-state index contributed by atoms with van der Waals surface area (Å²) in [5.41, 5.74) is 4.44. The molecule has 0 unspecified atom stereocenters. The van der Waals surface area contributed by atoms with E-state index in [4.69, 9.17) is 0 Å². The van der Waals surface area contributed by atoms with Crippen LogP contribution in [0.25, 0.3) is 10.9 Å². The van der Waals surface area contributed by atoms with Gasteiger partial charge in [0.2, 0.25) is 0 Å². The molecule has 0 aliphatic carbocycles. The van der Waals surface area contributed by atoms with Crippen molar-refractivity contribution in [3.05, 3.63) is 71.4 Å². The smallest absolute Gasteiger partial charge is 0.147 e. The summed E-state index contributed by atoms with van der Waals surface area (Å²) in [7, 11) is 0. The summed E-state index contributed by atoms with van der Waals surface area (Å²) < 4.78 is 14.1. The van der Waals surface area contributed by atoms with Gasteiger partial charge >= 0.3 is 0 Å². The third kappa shape index (κ3) is 3.99. The van der Waals surface area contributed by atoms with Gasteiger partial charge in [-0.05, 0) is 49.6 Å². The minimum atomic E-state index is -0.230. The Bertz CT molecular complexity index is 1170. The summed E-state index contributed by atoms with van der Waals surface area (Å²) in [4.78, 5) is 11.6. The van der Waals surface area contributed by atoms with E-state index < -0.39 is 0 Å². The molecule has 2 heterocycles. The number of fused-ring (bicyclic) bond motifs is 1. The Morgan fingerprint density at radius 3 is 2.72 bits per heavy atom. The second-order valence-electron chi connectivity index (χ2n) is 6.98. The maximum Gasteiger partial charge on any atom is 0.147 e. The monoisotopic (exact) mass is 391 g/mol. The predicted octanol–water partition coefficient (Wildman–Crippen LogP) is 4.82. The van der Waals surface area contributed by atoms with Crippen LogP contribution in [0.2, 0.25) is 0 Å². The number of anilines is 3. The summed E-state index contributed by atoms with van der Waals surface area (Å²) >= 11 is 0. The van der Waals surface area contributed by atoms with Gasteiger partial charge < -0.3 is 20.7 Å². The van der Waals surface area contributed by atoms with E-state index in [9.17, 15) is 9.50 Å². The van der Waals surface area contributed by atoms with Gasteiger partial charge in [0.15, 0.2) is 0 Å². The molecule has 0 amide bonds. The lowest BCUT2D eigenvalue weighted by molar-refractivity contribution is 0.475. The number of rotatable bonds is 6. The Balaban J connectivity index is 1.46. The fraction of sp³-hybridized carbons (Fsp3) is 0.182. The molecule has 4 aromatic rings. The molecule has 0 aliphatic rings. The van der Waals surface area contributed by atoms with E-state index in [2.05, 4.69) is 25.6 Å². The second-order valence-corrected chi connectivity index (χ2v) is 6.98. The summed E-state index contributed by atoms with van der Waals surface area (Å²) in [6.45, 7) is 4.61. The van der Waals surface area contributed by atoms with Crippen molar-refractivity contribution in [3.63, 3.8) is 0 Å². The SMILES string of the molecule is Cc1[nH]c2c(F)ccc(C)c2c1CCNc1cc(Nc2cccc(O)c2)ncn1. The third-order valence-electron chi connectivity index (χ3n) is 4.90. The number of nitrogens with zero attached hydrogens (tertiary/aromatic N) is 2. The fourth-order valence-electron chi connectivity index (χ4n) is 3.52. The zero-order valence-electron chi connectivity index (χ0n) is 16.3. The quantitative estimate of drug-likeness (QED) is 0.379. The molecule has 0 aliphatic heterocycles. The maximum atomic E-state index is 14.1. The Morgan fingerprint density at radius 2 is 1.90 bits per heavy atom. The second kappa shape index (κ2) is 7.79. The minimum Gasteiger partial charge on any atom is -0.508 e. The van der Waals surface area contributed by atoms with Crippen LogP contribution < -0.4 is 10.6 Å². The van der Waals surface area contributed by atoms with Crippen LogP contribution in [0.1, 0.15) is 16.8 Å². The van der Waals surface area contributed by atoms with Crippen molar-refractivity contribution in [1.29, 1.82) is 0 Å². The van der Waals surface area contributed by atoms with Crippen LogP contribution >= 0.6 is 0 Å². The molecule has 0 saturated carbocycles. The maximum absolute atomic E-state index is 14.1. The van der Waals surface area contributed by atoms with Crippen LogP contribution in [-0.4, -0.2) is 26.6 Å².